The molecule has 3 aromatic rings. The van der Waals surface area contributed by atoms with Crippen LogP contribution in [-0.2, 0) is 0 Å². The number of aromatic nitrogens is 2. The molecule has 0 spiro atoms. The predicted octanol–water partition coefficient (Wildman–Crippen LogP) is 3.75. The number of amides is 1. The Morgan fingerprint density at radius 3 is 2.50 bits per heavy atom. The molecule has 36 heavy (non-hydrogen) atoms. The monoisotopic (exact) mass is 493 g/mol. The van der Waals surface area contributed by atoms with Gasteiger partial charge in [0.25, 0.3) is 5.91 Å². The molecule has 5 heterocycles. The summed E-state index contributed by atoms with van der Waals surface area (Å²) in [5.41, 5.74) is 6.99. The van der Waals surface area contributed by atoms with Crippen LogP contribution >= 0.6 is 0 Å². The number of methoxy groups -OCH3 is 2. The number of hydrogen-bond acceptors (Lipinski definition) is 8. The van der Waals surface area contributed by atoms with E-state index < -0.39 is 0 Å². The number of carbonyl (C=O) groups is 1. The molecule has 2 bridgehead atoms. The van der Waals surface area contributed by atoms with Crippen LogP contribution in [0, 0.1) is 11.7 Å². The number of nitrogen functional groups attached to an aromatic ring is 1. The zero-order valence-electron chi connectivity index (χ0n) is 20.2. The number of carbonyl (C=O) groups excluding carboxylic acids is 1. The van der Waals surface area contributed by atoms with Crippen LogP contribution in [-0.4, -0.2) is 60.7 Å². The highest BCUT2D eigenvalue weighted by Crippen LogP contribution is 2.37. The number of piperidine rings is 1. The molecule has 0 saturated carbocycles. The number of ether oxygens (including phenoxy) is 3. The third kappa shape index (κ3) is 4.71. The van der Waals surface area contributed by atoms with E-state index in [0.717, 1.165) is 25.1 Å². The zero-order valence-corrected chi connectivity index (χ0v) is 20.2. The normalized spacial score (nSPS) is 19.1. The number of rotatable bonds is 6. The second kappa shape index (κ2) is 9.88. The van der Waals surface area contributed by atoms with E-state index in [9.17, 15) is 9.18 Å². The number of fused-ring (bicyclic) bond motifs is 4. The van der Waals surface area contributed by atoms with Crippen LogP contribution in [0.25, 0.3) is 0 Å². The van der Waals surface area contributed by atoms with Gasteiger partial charge in [-0.15, -0.1) is 0 Å². The summed E-state index contributed by atoms with van der Waals surface area (Å²) in [7, 11) is 3.12. The van der Waals surface area contributed by atoms with Crippen LogP contribution < -0.4 is 24.8 Å². The lowest BCUT2D eigenvalue weighted by molar-refractivity contribution is 0.0585. The van der Waals surface area contributed by atoms with Crippen molar-refractivity contribution in [1.29, 1.82) is 0 Å². The Kier molecular flexibility index (Phi) is 6.49. The summed E-state index contributed by atoms with van der Waals surface area (Å²) in [6.45, 7) is 2.10. The number of halogens is 1. The van der Waals surface area contributed by atoms with E-state index in [4.69, 9.17) is 19.9 Å². The second-order valence-electron chi connectivity index (χ2n) is 9.02. The SMILES string of the molecule is COc1cc(C(=O)N2CC3CCC2CN(c2cnc(N)cc2OC)C3)ncc1Oc1ccc(F)cc1. The fraction of sp³-hybridized carbons (Fsp3) is 0.346. The maximum atomic E-state index is 13.6. The Balaban J connectivity index is 1.36. The zero-order chi connectivity index (χ0) is 25.2. The van der Waals surface area contributed by atoms with Gasteiger partial charge in [0.05, 0.1) is 32.3 Å². The van der Waals surface area contributed by atoms with Gasteiger partial charge in [-0.05, 0) is 43.0 Å². The van der Waals surface area contributed by atoms with E-state index in [1.54, 1.807) is 25.4 Å². The molecule has 0 radical (unpaired) electrons. The van der Waals surface area contributed by atoms with Gasteiger partial charge in [0.2, 0.25) is 0 Å². The number of anilines is 2. The molecule has 10 heteroatoms. The minimum absolute atomic E-state index is 0.0152. The third-order valence-electron chi connectivity index (χ3n) is 6.71. The number of hydrogen-bond donors (Lipinski definition) is 1. The van der Waals surface area contributed by atoms with Crippen molar-refractivity contribution < 1.29 is 23.4 Å². The first kappa shape index (κ1) is 23.7. The smallest absolute Gasteiger partial charge is 0.272 e. The van der Waals surface area contributed by atoms with Crippen molar-refractivity contribution in [3.8, 4) is 23.0 Å². The number of nitrogens with zero attached hydrogens (tertiary/aromatic N) is 4. The standard InChI is InChI=1S/C26H28FN5O4/c1-34-22-10-25(28)30-11-21(22)31-13-16-3-6-18(15-31)32(14-16)26(33)20-9-23(35-2)24(12-29-20)36-19-7-4-17(27)5-8-19/h4-5,7-12,16,18H,3,6,13-15H2,1-2H3,(H2,28,30). The largest absolute Gasteiger partial charge is 0.494 e. The van der Waals surface area contributed by atoms with Crippen molar-refractivity contribution >= 4 is 17.4 Å². The molecule has 6 rings (SSSR count). The fourth-order valence-electron chi connectivity index (χ4n) is 4.93. The van der Waals surface area contributed by atoms with Gasteiger partial charge in [0.1, 0.15) is 28.8 Å². The third-order valence-corrected chi connectivity index (χ3v) is 6.71. The van der Waals surface area contributed by atoms with E-state index >= 15 is 0 Å². The Hall–Kier alpha value is -4.08. The Morgan fingerprint density at radius 1 is 0.972 bits per heavy atom. The summed E-state index contributed by atoms with van der Waals surface area (Å²) in [5.74, 6) is 2.02. The lowest BCUT2D eigenvalue weighted by Gasteiger charge is -2.36. The van der Waals surface area contributed by atoms with Gasteiger partial charge in [-0.1, -0.05) is 0 Å². The van der Waals surface area contributed by atoms with Crippen molar-refractivity contribution in [3.63, 3.8) is 0 Å². The summed E-state index contributed by atoms with van der Waals surface area (Å²) in [5, 5.41) is 0. The molecule has 3 fully saturated rings. The van der Waals surface area contributed by atoms with Crippen molar-refractivity contribution in [3.05, 3.63) is 60.3 Å². The highest BCUT2D eigenvalue weighted by molar-refractivity contribution is 5.93. The molecule has 2 atom stereocenters. The van der Waals surface area contributed by atoms with Gasteiger partial charge in [-0.2, -0.15) is 0 Å². The highest BCUT2D eigenvalue weighted by Gasteiger charge is 2.38. The molecule has 3 aliphatic heterocycles. The first-order valence-electron chi connectivity index (χ1n) is 11.8. The molecule has 0 aliphatic carbocycles. The minimum atomic E-state index is -0.357. The van der Waals surface area contributed by atoms with Gasteiger partial charge < -0.3 is 29.7 Å². The molecule has 1 amide bonds. The van der Waals surface area contributed by atoms with Gasteiger partial charge in [-0.25, -0.2) is 14.4 Å². The maximum Gasteiger partial charge on any atom is 0.272 e. The molecule has 9 nitrogen and oxygen atoms in total. The molecule has 3 saturated heterocycles. The number of benzene rings is 1. The summed E-state index contributed by atoms with van der Waals surface area (Å²) < 4.78 is 30.0. The van der Waals surface area contributed by atoms with Gasteiger partial charge >= 0.3 is 0 Å². The van der Waals surface area contributed by atoms with E-state index in [0.29, 0.717) is 47.8 Å². The predicted molar refractivity (Wildman–Crippen MR) is 132 cm³/mol. The average molecular weight is 494 g/mol. The maximum absolute atomic E-state index is 13.6. The van der Waals surface area contributed by atoms with Crippen molar-refractivity contribution in [2.45, 2.75) is 18.9 Å². The molecular formula is C26H28FN5O4. The molecule has 188 valence electrons. The highest BCUT2D eigenvalue weighted by atomic mass is 19.1. The molecule has 3 aliphatic rings. The van der Waals surface area contributed by atoms with Gasteiger partial charge in [0, 0.05) is 37.8 Å². The first-order valence-corrected chi connectivity index (χ1v) is 11.8. The summed E-state index contributed by atoms with van der Waals surface area (Å²) in [6, 6.07) is 8.96. The molecule has 2 N–H and O–H groups in total. The molecule has 2 unspecified atom stereocenters. The van der Waals surface area contributed by atoms with Crippen LogP contribution in [0.2, 0.25) is 0 Å². The fourth-order valence-corrected chi connectivity index (χ4v) is 4.93. The number of pyridine rings is 2. The summed E-state index contributed by atoms with van der Waals surface area (Å²) >= 11 is 0. The molecule has 2 aromatic heterocycles. The van der Waals surface area contributed by atoms with Crippen LogP contribution in [0.15, 0.2) is 48.8 Å². The van der Waals surface area contributed by atoms with Crippen LogP contribution in [0.3, 0.4) is 0 Å². The van der Waals surface area contributed by atoms with Crippen molar-refractivity contribution in [2.75, 3.05) is 44.5 Å². The van der Waals surface area contributed by atoms with Crippen LogP contribution in [0.4, 0.5) is 15.9 Å². The Morgan fingerprint density at radius 2 is 1.75 bits per heavy atom. The molecular weight excluding hydrogens is 465 g/mol. The second-order valence-corrected chi connectivity index (χ2v) is 9.02. The molecule has 1 aromatic carbocycles. The topological polar surface area (TPSA) is 103 Å². The Labute approximate surface area is 208 Å². The number of nitrogens with two attached hydrogens (primary N) is 1. The average Bonchev–Trinajstić information content (AvgIpc) is 3.21. The summed E-state index contributed by atoms with van der Waals surface area (Å²) in [6.07, 6.45) is 5.14. The Bertz CT molecular complexity index is 1260. The lowest BCUT2D eigenvalue weighted by Crippen LogP contribution is -2.47. The first-order chi connectivity index (χ1) is 17.4. The van der Waals surface area contributed by atoms with Gasteiger partial charge in [0.15, 0.2) is 11.5 Å². The van der Waals surface area contributed by atoms with Crippen LogP contribution in [0.5, 0.6) is 23.0 Å². The summed E-state index contributed by atoms with van der Waals surface area (Å²) in [4.78, 5) is 26.3. The quantitative estimate of drug-likeness (QED) is 0.554. The minimum Gasteiger partial charge on any atom is -0.494 e. The van der Waals surface area contributed by atoms with Crippen molar-refractivity contribution in [2.24, 2.45) is 5.92 Å². The van der Waals surface area contributed by atoms with E-state index in [2.05, 4.69) is 14.9 Å². The van der Waals surface area contributed by atoms with Gasteiger partial charge in [-0.3, -0.25) is 4.79 Å². The van der Waals surface area contributed by atoms with Crippen molar-refractivity contribution in [1.82, 2.24) is 14.9 Å². The van der Waals surface area contributed by atoms with E-state index in [1.807, 2.05) is 4.90 Å². The van der Waals surface area contributed by atoms with E-state index in [-0.39, 0.29) is 23.5 Å². The lowest BCUT2D eigenvalue weighted by atomic mass is 9.94. The van der Waals surface area contributed by atoms with Crippen LogP contribution in [0.1, 0.15) is 23.3 Å². The van der Waals surface area contributed by atoms with E-state index in [1.165, 1.54) is 37.6 Å².